The summed E-state index contributed by atoms with van der Waals surface area (Å²) >= 11 is 5.93. The number of rotatable bonds is 6. The van der Waals surface area contributed by atoms with Gasteiger partial charge in [0.1, 0.15) is 30.6 Å². The largest absolute Gasteiger partial charge is 0.459 e. The maximum absolute atomic E-state index is 12.7. The van der Waals surface area contributed by atoms with E-state index in [2.05, 4.69) is 6.58 Å². The third-order valence-corrected chi connectivity index (χ3v) is 4.18. The van der Waals surface area contributed by atoms with Crippen LogP contribution in [0, 0.1) is 11.3 Å². The highest BCUT2D eigenvalue weighted by Crippen LogP contribution is 2.39. The van der Waals surface area contributed by atoms with E-state index in [0.29, 0.717) is 10.6 Å². The maximum Gasteiger partial charge on any atom is 0.338 e. The number of carbonyl (C=O) groups excluding carboxylic acids is 2. The monoisotopic (exact) mass is 402 g/mol. The lowest BCUT2D eigenvalue weighted by molar-refractivity contribution is -0.147. The molecule has 146 valence electrons. The highest BCUT2D eigenvalue weighted by Gasteiger charge is 2.36. The second-order valence-electron chi connectivity index (χ2n) is 6.00. The third kappa shape index (κ3) is 4.72. The van der Waals surface area contributed by atoms with Crippen molar-refractivity contribution in [2.45, 2.75) is 19.8 Å². The average Bonchev–Trinajstić information content (AvgIpc) is 2.64. The number of halogens is 1. The van der Waals surface area contributed by atoms with Crippen LogP contribution >= 0.6 is 11.6 Å². The van der Waals surface area contributed by atoms with Gasteiger partial charge >= 0.3 is 11.9 Å². The number of esters is 2. The molecule has 0 aromatic heterocycles. The number of nitrogens with two attached hydrogens (primary N) is 1. The Morgan fingerprint density at radius 3 is 2.46 bits per heavy atom. The van der Waals surface area contributed by atoms with E-state index in [9.17, 15) is 14.9 Å². The van der Waals surface area contributed by atoms with Gasteiger partial charge in [-0.1, -0.05) is 30.3 Å². The van der Waals surface area contributed by atoms with Crippen molar-refractivity contribution in [2.75, 3.05) is 13.2 Å². The van der Waals surface area contributed by atoms with Crippen LogP contribution in [0.3, 0.4) is 0 Å². The topological polar surface area (TPSA) is 112 Å². The quantitative estimate of drug-likeness (QED) is 0.442. The van der Waals surface area contributed by atoms with E-state index >= 15 is 0 Å². The lowest BCUT2D eigenvalue weighted by atomic mass is 9.83. The van der Waals surface area contributed by atoms with Crippen molar-refractivity contribution in [1.82, 2.24) is 0 Å². The van der Waals surface area contributed by atoms with E-state index in [0.717, 1.165) is 0 Å². The summed E-state index contributed by atoms with van der Waals surface area (Å²) in [7, 11) is 0. The second-order valence-corrected chi connectivity index (χ2v) is 6.43. The van der Waals surface area contributed by atoms with Crippen LogP contribution in [0.25, 0.3) is 0 Å². The molecule has 1 aromatic carbocycles. The van der Waals surface area contributed by atoms with Gasteiger partial charge in [0.15, 0.2) is 0 Å². The van der Waals surface area contributed by atoms with Gasteiger partial charge in [-0.15, -0.1) is 0 Å². The maximum atomic E-state index is 12.7. The van der Waals surface area contributed by atoms with Gasteiger partial charge in [-0.3, -0.25) is 0 Å². The van der Waals surface area contributed by atoms with E-state index in [1.807, 2.05) is 6.07 Å². The SMILES string of the molecule is C=C(C)C(=O)OCCOC(=O)C1=C(C)OC(N)=C(C#N)C1c1ccc(Cl)cc1. The molecule has 1 heterocycles. The zero-order valence-electron chi connectivity index (χ0n) is 15.5. The van der Waals surface area contributed by atoms with Crippen LogP contribution in [0.1, 0.15) is 25.3 Å². The molecule has 7 nitrogen and oxygen atoms in total. The molecule has 0 aliphatic carbocycles. The Bertz CT molecular complexity index is 910. The fourth-order valence-corrected chi connectivity index (χ4v) is 2.73. The minimum atomic E-state index is -0.763. The predicted octanol–water partition coefficient (Wildman–Crippen LogP) is 3.08. The number of allylic oxidation sites excluding steroid dienone is 2. The van der Waals surface area contributed by atoms with Crippen LogP contribution in [0.4, 0.5) is 0 Å². The normalized spacial score (nSPS) is 16.1. The summed E-state index contributed by atoms with van der Waals surface area (Å²) < 4.78 is 15.5. The minimum absolute atomic E-state index is 0.0770. The Hall–Kier alpha value is -3.24. The van der Waals surface area contributed by atoms with Gasteiger partial charge in [-0.25, -0.2) is 9.59 Å². The number of nitriles is 1. The molecule has 1 unspecified atom stereocenters. The highest BCUT2D eigenvalue weighted by molar-refractivity contribution is 6.30. The molecular formula is C20H19ClN2O5. The van der Waals surface area contributed by atoms with E-state index in [-0.39, 0.29) is 41.6 Å². The second kappa shape index (κ2) is 9.11. The van der Waals surface area contributed by atoms with Crippen LogP contribution < -0.4 is 5.73 Å². The average molecular weight is 403 g/mol. The van der Waals surface area contributed by atoms with Crippen molar-refractivity contribution in [3.05, 3.63) is 69.8 Å². The number of nitrogens with zero attached hydrogens (tertiary/aromatic N) is 1. The van der Waals surface area contributed by atoms with Crippen molar-refractivity contribution in [3.63, 3.8) is 0 Å². The highest BCUT2D eigenvalue weighted by atomic mass is 35.5. The minimum Gasteiger partial charge on any atom is -0.459 e. The molecular weight excluding hydrogens is 384 g/mol. The molecule has 28 heavy (non-hydrogen) atoms. The summed E-state index contributed by atoms with van der Waals surface area (Å²) in [6.07, 6.45) is 0. The summed E-state index contributed by atoms with van der Waals surface area (Å²) in [6.45, 7) is 6.24. The molecule has 2 rings (SSSR count). The van der Waals surface area contributed by atoms with Gasteiger partial charge in [0.2, 0.25) is 5.88 Å². The fraction of sp³-hybridized carbons (Fsp3) is 0.250. The Kier molecular flexibility index (Phi) is 6.85. The number of benzene rings is 1. The van der Waals surface area contributed by atoms with Gasteiger partial charge in [0.05, 0.1) is 11.5 Å². The summed E-state index contributed by atoms with van der Waals surface area (Å²) in [5, 5.41) is 10.0. The smallest absolute Gasteiger partial charge is 0.338 e. The number of hydrogen-bond donors (Lipinski definition) is 1. The molecule has 1 aliphatic rings. The number of carbonyl (C=O) groups is 2. The third-order valence-electron chi connectivity index (χ3n) is 3.93. The van der Waals surface area contributed by atoms with Crippen LogP contribution in [-0.4, -0.2) is 25.2 Å². The van der Waals surface area contributed by atoms with E-state index in [4.69, 9.17) is 31.5 Å². The standard InChI is InChI=1S/C20H19ClN2O5/c1-11(2)19(24)26-8-9-27-20(25)16-12(3)28-18(23)15(10-22)17(16)13-4-6-14(21)7-5-13/h4-7,17H,1,8-9,23H2,2-3H3. The molecule has 0 radical (unpaired) electrons. The first kappa shape index (κ1) is 21.1. The number of ether oxygens (including phenoxy) is 3. The van der Waals surface area contributed by atoms with Gasteiger partial charge in [0.25, 0.3) is 0 Å². The Labute approximate surface area is 167 Å². The van der Waals surface area contributed by atoms with Crippen LogP contribution in [0.5, 0.6) is 0 Å². The molecule has 0 saturated heterocycles. The van der Waals surface area contributed by atoms with Gasteiger partial charge in [-0.2, -0.15) is 5.26 Å². The van der Waals surface area contributed by atoms with Gasteiger partial charge in [0, 0.05) is 10.6 Å². The van der Waals surface area contributed by atoms with Crippen molar-refractivity contribution in [1.29, 1.82) is 5.26 Å². The van der Waals surface area contributed by atoms with Gasteiger partial charge < -0.3 is 19.9 Å². The first-order valence-electron chi connectivity index (χ1n) is 8.29. The van der Waals surface area contributed by atoms with Gasteiger partial charge in [-0.05, 0) is 31.5 Å². The molecule has 0 fully saturated rings. The Morgan fingerprint density at radius 2 is 1.89 bits per heavy atom. The van der Waals surface area contributed by atoms with Crippen LogP contribution in [-0.2, 0) is 23.8 Å². The van der Waals surface area contributed by atoms with E-state index < -0.39 is 17.9 Å². The predicted molar refractivity (Wildman–Crippen MR) is 102 cm³/mol. The summed E-state index contributed by atoms with van der Waals surface area (Å²) in [5.74, 6) is -1.90. The number of hydrogen-bond acceptors (Lipinski definition) is 7. The Balaban J connectivity index is 2.24. The molecule has 1 aromatic rings. The summed E-state index contributed by atoms with van der Waals surface area (Å²) in [4.78, 5) is 24.1. The molecule has 1 atom stereocenters. The zero-order chi connectivity index (χ0) is 20.8. The fourth-order valence-electron chi connectivity index (χ4n) is 2.60. The molecule has 1 aliphatic heterocycles. The Morgan fingerprint density at radius 1 is 1.29 bits per heavy atom. The molecule has 0 amide bonds. The first-order valence-corrected chi connectivity index (χ1v) is 8.67. The molecule has 0 spiro atoms. The molecule has 8 heteroatoms. The molecule has 0 bridgehead atoms. The van der Waals surface area contributed by atoms with Crippen molar-refractivity contribution in [2.24, 2.45) is 5.73 Å². The lowest BCUT2D eigenvalue weighted by Gasteiger charge is -2.26. The van der Waals surface area contributed by atoms with Crippen molar-refractivity contribution in [3.8, 4) is 6.07 Å². The molecule has 2 N–H and O–H groups in total. The van der Waals surface area contributed by atoms with E-state index in [1.54, 1.807) is 31.2 Å². The first-order chi connectivity index (χ1) is 13.3. The summed E-state index contributed by atoms with van der Waals surface area (Å²) in [5.41, 5.74) is 6.94. The lowest BCUT2D eigenvalue weighted by Crippen LogP contribution is -2.26. The zero-order valence-corrected chi connectivity index (χ0v) is 16.2. The van der Waals surface area contributed by atoms with E-state index in [1.165, 1.54) is 6.92 Å². The van der Waals surface area contributed by atoms with Crippen molar-refractivity contribution >= 4 is 23.5 Å². The summed E-state index contributed by atoms with van der Waals surface area (Å²) in [6, 6.07) is 8.67. The van der Waals surface area contributed by atoms with Crippen LogP contribution in [0.2, 0.25) is 5.02 Å². The molecule has 0 saturated carbocycles. The van der Waals surface area contributed by atoms with Crippen molar-refractivity contribution < 1.29 is 23.8 Å². The van der Waals surface area contributed by atoms with Crippen LogP contribution in [0.15, 0.2) is 59.2 Å².